The van der Waals surface area contributed by atoms with Gasteiger partial charge in [0.1, 0.15) is 53.8 Å². The Morgan fingerprint density at radius 1 is 0.779 bits per heavy atom. The summed E-state index contributed by atoms with van der Waals surface area (Å²) in [5, 5.41) is 80.8. The van der Waals surface area contributed by atoms with Crippen molar-refractivity contribution in [3.8, 4) is 11.5 Å². The number of nitrogens with one attached hydrogen (secondary N) is 9. The van der Waals surface area contributed by atoms with Gasteiger partial charge in [-0.05, 0) is 82.9 Å². The van der Waals surface area contributed by atoms with E-state index in [0.717, 1.165) is 0 Å². The molecule has 7 atom stereocenters. The normalized spacial score (nSPS) is 19.1. The van der Waals surface area contributed by atoms with E-state index >= 15 is 0 Å². The third-order valence-electron chi connectivity index (χ3n) is 12.9. The number of aliphatic hydroxyl groups is 2. The average molecular weight is 1090 g/mol. The topological polar surface area (TPSA) is 462 Å². The molecule has 17 N–H and O–H groups in total. The van der Waals surface area contributed by atoms with Crippen LogP contribution in [0.2, 0.25) is 0 Å². The zero-order valence-electron chi connectivity index (χ0n) is 41.9. The van der Waals surface area contributed by atoms with E-state index in [4.69, 9.17) is 5.73 Å². The molecular formula is C46H67N14O17+. The van der Waals surface area contributed by atoms with Crippen molar-refractivity contribution in [3.05, 3.63) is 28.7 Å². The number of unbranched alkanes of at least 4 members (excludes halogenated alkanes) is 1. The number of H-pyrrole nitrogens is 1. The molecule has 5 rings (SSSR count). The molecule has 2 aliphatic rings. The van der Waals surface area contributed by atoms with E-state index in [2.05, 4.69) is 47.5 Å². The zero-order valence-corrected chi connectivity index (χ0v) is 41.9. The van der Waals surface area contributed by atoms with Crippen LogP contribution in [0.5, 0.6) is 11.5 Å². The summed E-state index contributed by atoms with van der Waals surface area (Å²) < 4.78 is 2.85. The van der Waals surface area contributed by atoms with Crippen molar-refractivity contribution in [3.63, 3.8) is 0 Å². The first-order valence-electron chi connectivity index (χ1n) is 25.0. The Bertz CT molecular complexity index is 2700. The molecule has 0 bridgehead atoms. The van der Waals surface area contributed by atoms with Gasteiger partial charge in [-0.1, -0.05) is 0 Å². The number of hydrogen-bond acceptors (Lipinski definition) is 18. The van der Waals surface area contributed by atoms with Crippen LogP contribution in [0.25, 0.3) is 22.1 Å². The van der Waals surface area contributed by atoms with Gasteiger partial charge in [-0.3, -0.25) is 63.3 Å². The van der Waals surface area contributed by atoms with Crippen molar-refractivity contribution < 1.29 is 83.4 Å². The fraction of sp³-hybridized carbons (Fsp3) is 0.565. The van der Waals surface area contributed by atoms with E-state index < -0.39 is 126 Å². The van der Waals surface area contributed by atoms with Crippen LogP contribution < -0.4 is 58.5 Å². The minimum absolute atomic E-state index is 0.0203. The van der Waals surface area contributed by atoms with Crippen molar-refractivity contribution in [1.29, 1.82) is 0 Å². The van der Waals surface area contributed by atoms with E-state index in [1.165, 1.54) is 21.3 Å². The largest absolute Gasteiger partial charge is 0.504 e. The summed E-state index contributed by atoms with van der Waals surface area (Å²) in [5.41, 5.74) is 6.05. The molecule has 3 aromatic rings. The third-order valence-corrected chi connectivity index (χ3v) is 12.9. The van der Waals surface area contributed by atoms with E-state index in [1.54, 1.807) is 6.07 Å². The number of imidazole rings is 1. The second-order valence-electron chi connectivity index (χ2n) is 18.4. The van der Waals surface area contributed by atoms with Gasteiger partial charge < -0.3 is 68.7 Å². The van der Waals surface area contributed by atoms with Crippen LogP contribution in [0, 0.1) is 0 Å². The Kier molecular flexibility index (Phi) is 22.4. The van der Waals surface area contributed by atoms with Gasteiger partial charge in [0.2, 0.25) is 54.2 Å². The van der Waals surface area contributed by atoms with Gasteiger partial charge in [0, 0.05) is 37.5 Å². The molecule has 2 aromatic heterocycles. The monoisotopic (exact) mass is 1090 g/mol. The number of nitrogens with zero attached hydrogens (tertiary/aromatic N) is 4. The highest BCUT2D eigenvalue weighted by atomic mass is 16.5. The molecule has 1 fully saturated rings. The molecule has 4 heterocycles. The smallest absolute Gasteiger partial charge is 0.413 e. The zero-order chi connectivity index (χ0) is 56.3. The Morgan fingerprint density at radius 3 is 2.14 bits per heavy atom. The summed E-state index contributed by atoms with van der Waals surface area (Å²) in [7, 11) is 0. The van der Waals surface area contributed by atoms with Crippen LogP contribution in [0.4, 0.5) is 0 Å². The quantitative estimate of drug-likeness (QED) is 0.00888. The number of aromatic hydroxyl groups is 2. The summed E-state index contributed by atoms with van der Waals surface area (Å²) in [6, 6.07) is -5.77. The number of phenolic OH excluding ortho intramolecular Hbond substituents is 2. The van der Waals surface area contributed by atoms with Crippen molar-refractivity contribution in [2.75, 3.05) is 45.9 Å². The number of aryl methyl sites for hydroxylation is 1. The molecule has 31 heteroatoms. The lowest BCUT2D eigenvalue weighted by atomic mass is 10.0. The molecule has 0 aliphatic carbocycles. The van der Waals surface area contributed by atoms with Gasteiger partial charge in [0.05, 0.1) is 19.8 Å². The van der Waals surface area contributed by atoms with Crippen LogP contribution >= 0.6 is 0 Å². The number of rotatable bonds is 26. The van der Waals surface area contributed by atoms with E-state index in [9.17, 15) is 83.6 Å². The molecular weight excluding hydrogens is 1020 g/mol. The van der Waals surface area contributed by atoms with E-state index in [-0.39, 0.29) is 121 Å². The number of aliphatic hydroxyl groups excluding tert-OH is 2. The lowest BCUT2D eigenvalue weighted by Gasteiger charge is -2.26. The number of amides is 10. The van der Waals surface area contributed by atoms with Gasteiger partial charge >= 0.3 is 11.3 Å². The molecule has 10 amide bonds. The number of aromatic amines is 1. The molecule has 31 nitrogen and oxygen atoms in total. The predicted molar refractivity (Wildman–Crippen MR) is 263 cm³/mol. The summed E-state index contributed by atoms with van der Waals surface area (Å²) in [6.07, 6.45) is 0.789. The number of nitrogens with two attached hydrogens (primary N) is 1. The minimum atomic E-state index is -1.64. The highest BCUT2D eigenvalue weighted by Gasteiger charge is 2.39. The highest BCUT2D eigenvalue weighted by molar-refractivity contribution is 5.97. The van der Waals surface area contributed by atoms with E-state index in [0.29, 0.717) is 27.5 Å². The second kappa shape index (κ2) is 28.8. The average Bonchev–Trinajstić information content (AvgIpc) is 3.83. The maximum atomic E-state index is 14.0. The molecule has 2 aliphatic heterocycles. The number of phenols is 2. The van der Waals surface area contributed by atoms with Crippen LogP contribution in [0.1, 0.15) is 76.7 Å². The lowest BCUT2D eigenvalue weighted by Crippen LogP contribution is -2.59. The molecule has 0 radical (unpaired) electrons. The fourth-order valence-corrected chi connectivity index (χ4v) is 8.85. The Hall–Kier alpha value is -8.00. The minimum Gasteiger partial charge on any atom is -0.504 e. The number of benzene rings is 1. The van der Waals surface area contributed by atoms with Gasteiger partial charge in [-0.25, -0.2) is 19.5 Å². The van der Waals surface area contributed by atoms with Crippen molar-refractivity contribution in [2.24, 2.45) is 5.73 Å². The number of pyridine rings is 1. The molecule has 1 saturated heterocycles. The molecule has 1 aromatic carbocycles. The van der Waals surface area contributed by atoms with Crippen LogP contribution in [-0.4, -0.2) is 193 Å². The molecule has 422 valence electrons. The van der Waals surface area contributed by atoms with Gasteiger partial charge in [-0.15, -0.1) is 0 Å². The van der Waals surface area contributed by atoms with Crippen molar-refractivity contribution in [1.82, 2.24) is 62.2 Å². The number of hydrogen-bond donors (Lipinski definition) is 16. The summed E-state index contributed by atoms with van der Waals surface area (Å²) in [5.74, 6) is -8.04. The standard InChI is InChI=1S/C46H66N14O17/c47-12-3-1-7-26(51-43(73)32(22-62)55-44(74)33-11-16-59-45-30(56-46(59)75)17-25-18-35(65)36(66)19-34(25)60(33)45)38(68)49-20-37(67)50-27(9-5-14-57(76)23-63)40(70)52-28-8-2-4-13-48-39(69)31(21-61)54-42(72)29(53-41(28)71)10-6-15-58(77)24-64/h17-19,23-24,26-29,31-33,61-62,76-77H,1-16,20-22,47H2,(H10,48,49,50,51,52,53,54,55,56,65,67,68,69,70,71,72,73,74,75)/p+1. The summed E-state index contributed by atoms with van der Waals surface area (Å²) in [6.45, 7) is -2.73. The highest BCUT2D eigenvalue weighted by Crippen LogP contribution is 2.32. The fourth-order valence-electron chi connectivity index (χ4n) is 8.85. The molecule has 7 unspecified atom stereocenters. The first-order chi connectivity index (χ1) is 36.8. The maximum absolute atomic E-state index is 14.0. The molecule has 0 spiro atoms. The number of carbonyl (C=O) groups excluding carboxylic acids is 10. The first-order valence-corrected chi connectivity index (χ1v) is 25.0. The Labute approximate surface area is 438 Å². The Morgan fingerprint density at radius 2 is 1.45 bits per heavy atom. The second-order valence-corrected chi connectivity index (χ2v) is 18.4. The molecule has 77 heavy (non-hydrogen) atoms. The summed E-state index contributed by atoms with van der Waals surface area (Å²) in [4.78, 5) is 146. The first kappa shape index (κ1) is 59.9. The van der Waals surface area contributed by atoms with Gasteiger partial charge in [-0.2, -0.15) is 4.57 Å². The van der Waals surface area contributed by atoms with Crippen LogP contribution in [-0.2, 0) is 54.5 Å². The lowest BCUT2D eigenvalue weighted by molar-refractivity contribution is -0.666. The third kappa shape index (κ3) is 16.3. The predicted octanol–water partition coefficient (Wildman–Crippen LogP) is -6.18. The maximum Gasteiger partial charge on any atom is 0.413 e. The number of aromatic nitrogens is 3. The van der Waals surface area contributed by atoms with Gasteiger partial charge in [0.15, 0.2) is 17.5 Å². The SMILES string of the molecule is NCCCCC(NC(=O)C(CO)NC(=O)C1CCn2c(=O)[nH]c3cc4cc(O)c(O)cc4[n+]1c32)C(=O)NCC(=O)NC(CCCN(O)C=O)C(=O)NC1CCCCNC(=O)C(CO)NC(=O)C(CCCN(O)C=O)NC1=O. The number of hydroxylamine groups is 4. The number of fused-ring (bicyclic) bond motifs is 2. The Balaban J connectivity index is 1.28. The number of carbonyl (C=O) groups is 10. The molecule has 0 saturated carbocycles. The van der Waals surface area contributed by atoms with Gasteiger partial charge in [0.25, 0.3) is 5.91 Å². The van der Waals surface area contributed by atoms with E-state index in [1.807, 2.05) is 0 Å². The summed E-state index contributed by atoms with van der Waals surface area (Å²) >= 11 is 0. The van der Waals surface area contributed by atoms with Crippen LogP contribution in [0.3, 0.4) is 0 Å². The van der Waals surface area contributed by atoms with Crippen molar-refractivity contribution in [2.45, 2.75) is 119 Å². The van der Waals surface area contributed by atoms with Crippen LogP contribution in [0.15, 0.2) is 23.0 Å². The van der Waals surface area contributed by atoms with Crippen molar-refractivity contribution >= 4 is 82.1 Å².